The summed E-state index contributed by atoms with van der Waals surface area (Å²) in [6, 6.07) is 10.9. The molecule has 1 N–H and O–H groups in total. The lowest BCUT2D eigenvalue weighted by atomic mass is 10.1. The summed E-state index contributed by atoms with van der Waals surface area (Å²) < 4.78 is 7.13. The van der Waals surface area contributed by atoms with Crippen molar-refractivity contribution in [2.75, 3.05) is 13.1 Å². The SMILES string of the molecule is O=C(c1ccc(=O)[nH]c1)N1CCC(Oc2nc3ccccc3s2)CC1. The molecule has 0 radical (unpaired) electrons. The first kappa shape index (κ1) is 15.8. The molecule has 3 heterocycles. The number of thiazole rings is 1. The molecule has 0 aliphatic carbocycles. The zero-order valence-corrected chi connectivity index (χ0v) is 14.3. The van der Waals surface area contributed by atoms with Crippen molar-refractivity contribution in [1.29, 1.82) is 0 Å². The molecular formula is C18H17N3O3S. The van der Waals surface area contributed by atoms with Crippen molar-refractivity contribution in [3.8, 4) is 5.19 Å². The number of benzene rings is 1. The van der Waals surface area contributed by atoms with Gasteiger partial charge in [0.2, 0.25) is 5.56 Å². The molecule has 128 valence electrons. The average Bonchev–Trinajstić information content (AvgIpc) is 3.05. The fraction of sp³-hybridized carbons (Fsp3) is 0.278. The number of nitrogens with one attached hydrogen (secondary N) is 1. The number of pyridine rings is 1. The second-order valence-corrected chi connectivity index (χ2v) is 6.99. The van der Waals surface area contributed by atoms with Crippen LogP contribution in [0.5, 0.6) is 5.19 Å². The Morgan fingerprint density at radius 2 is 2.00 bits per heavy atom. The number of carbonyl (C=O) groups is 1. The molecule has 0 atom stereocenters. The summed E-state index contributed by atoms with van der Waals surface area (Å²) in [5.74, 6) is -0.0605. The van der Waals surface area contributed by atoms with Gasteiger partial charge < -0.3 is 14.6 Å². The van der Waals surface area contributed by atoms with E-state index in [4.69, 9.17) is 4.74 Å². The molecule has 6 nitrogen and oxygen atoms in total. The summed E-state index contributed by atoms with van der Waals surface area (Å²) in [6.07, 6.45) is 3.07. The summed E-state index contributed by atoms with van der Waals surface area (Å²) in [6.45, 7) is 1.26. The van der Waals surface area contributed by atoms with E-state index in [1.807, 2.05) is 24.3 Å². The quantitative estimate of drug-likeness (QED) is 0.784. The topological polar surface area (TPSA) is 75.3 Å². The molecule has 1 amide bonds. The molecule has 1 aliphatic heterocycles. The first-order chi connectivity index (χ1) is 12.2. The summed E-state index contributed by atoms with van der Waals surface area (Å²) >= 11 is 1.55. The molecule has 7 heteroatoms. The molecule has 0 spiro atoms. The van der Waals surface area contributed by atoms with E-state index in [0.29, 0.717) is 23.8 Å². The van der Waals surface area contributed by atoms with Crippen LogP contribution in [0.1, 0.15) is 23.2 Å². The van der Waals surface area contributed by atoms with Crippen molar-refractivity contribution in [2.45, 2.75) is 18.9 Å². The van der Waals surface area contributed by atoms with Crippen LogP contribution in [0.15, 0.2) is 47.4 Å². The van der Waals surface area contributed by atoms with Crippen LogP contribution in [-0.2, 0) is 0 Å². The van der Waals surface area contributed by atoms with E-state index in [9.17, 15) is 9.59 Å². The Morgan fingerprint density at radius 1 is 1.20 bits per heavy atom. The number of hydrogen-bond donors (Lipinski definition) is 1. The molecule has 0 unspecified atom stereocenters. The lowest BCUT2D eigenvalue weighted by Gasteiger charge is -2.31. The van der Waals surface area contributed by atoms with E-state index >= 15 is 0 Å². The van der Waals surface area contributed by atoms with E-state index in [1.54, 1.807) is 22.3 Å². The van der Waals surface area contributed by atoms with Crippen LogP contribution in [-0.4, -0.2) is 40.0 Å². The van der Waals surface area contributed by atoms with Gasteiger partial charge in [0.05, 0.1) is 15.8 Å². The maximum Gasteiger partial charge on any atom is 0.274 e. The van der Waals surface area contributed by atoms with Crippen molar-refractivity contribution >= 4 is 27.5 Å². The highest BCUT2D eigenvalue weighted by atomic mass is 32.1. The predicted octanol–water partition coefficient (Wildman–Crippen LogP) is 2.67. The number of piperidine rings is 1. The zero-order valence-electron chi connectivity index (χ0n) is 13.5. The molecule has 4 rings (SSSR count). The third-order valence-corrected chi connectivity index (χ3v) is 5.23. The standard InChI is InChI=1S/C18H17N3O3S/c22-16-6-5-12(11-19-16)17(23)21-9-7-13(8-10-21)24-18-20-14-3-1-2-4-15(14)25-18/h1-6,11,13H,7-10H2,(H,19,22). The van der Waals surface area contributed by atoms with Crippen molar-refractivity contribution < 1.29 is 9.53 Å². The number of para-hydroxylation sites is 1. The predicted molar refractivity (Wildman–Crippen MR) is 96.2 cm³/mol. The first-order valence-corrected chi connectivity index (χ1v) is 9.01. The number of aromatic nitrogens is 2. The van der Waals surface area contributed by atoms with Gasteiger partial charge in [-0.1, -0.05) is 23.5 Å². The van der Waals surface area contributed by atoms with Gasteiger partial charge >= 0.3 is 0 Å². The molecule has 1 aromatic carbocycles. The van der Waals surface area contributed by atoms with E-state index in [0.717, 1.165) is 23.1 Å². The van der Waals surface area contributed by atoms with Gasteiger partial charge in [-0.3, -0.25) is 9.59 Å². The summed E-state index contributed by atoms with van der Waals surface area (Å²) in [5.41, 5.74) is 1.25. The van der Waals surface area contributed by atoms with E-state index in [1.165, 1.54) is 12.3 Å². The van der Waals surface area contributed by atoms with Crippen molar-refractivity contribution in [3.63, 3.8) is 0 Å². The summed E-state index contributed by atoms with van der Waals surface area (Å²) in [7, 11) is 0. The minimum Gasteiger partial charge on any atom is -0.467 e. The third kappa shape index (κ3) is 3.41. The molecule has 25 heavy (non-hydrogen) atoms. The highest BCUT2D eigenvalue weighted by molar-refractivity contribution is 7.20. The van der Waals surface area contributed by atoms with Gasteiger partial charge in [0.1, 0.15) is 6.10 Å². The van der Waals surface area contributed by atoms with Crippen LogP contribution in [0, 0.1) is 0 Å². The van der Waals surface area contributed by atoms with Crippen LogP contribution < -0.4 is 10.3 Å². The summed E-state index contributed by atoms with van der Waals surface area (Å²) in [4.78, 5) is 32.4. The van der Waals surface area contributed by atoms with Gasteiger partial charge in [0.25, 0.3) is 11.1 Å². The van der Waals surface area contributed by atoms with Crippen molar-refractivity contribution in [2.24, 2.45) is 0 Å². The Bertz CT molecular complexity index is 904. The van der Waals surface area contributed by atoms with Crippen LogP contribution in [0.3, 0.4) is 0 Å². The Labute approximate surface area is 148 Å². The molecular weight excluding hydrogens is 338 g/mol. The van der Waals surface area contributed by atoms with Crippen LogP contribution in [0.4, 0.5) is 0 Å². The number of rotatable bonds is 3. The van der Waals surface area contributed by atoms with Gasteiger partial charge in [-0.05, 0) is 18.2 Å². The van der Waals surface area contributed by atoms with Crippen molar-refractivity contribution in [1.82, 2.24) is 14.9 Å². The zero-order chi connectivity index (χ0) is 17.2. The maximum atomic E-state index is 12.4. The molecule has 1 fully saturated rings. The summed E-state index contributed by atoms with van der Waals surface area (Å²) in [5, 5.41) is 0.687. The molecule has 0 bridgehead atoms. The van der Waals surface area contributed by atoms with Gasteiger partial charge in [-0.15, -0.1) is 0 Å². The molecule has 1 saturated heterocycles. The number of likely N-dealkylation sites (tertiary alicyclic amines) is 1. The Hall–Kier alpha value is -2.67. The number of hydrogen-bond acceptors (Lipinski definition) is 5. The lowest BCUT2D eigenvalue weighted by Crippen LogP contribution is -2.41. The smallest absolute Gasteiger partial charge is 0.274 e. The largest absolute Gasteiger partial charge is 0.467 e. The van der Waals surface area contributed by atoms with Gasteiger partial charge in [0.15, 0.2) is 0 Å². The fourth-order valence-corrected chi connectivity index (χ4v) is 3.83. The lowest BCUT2D eigenvalue weighted by molar-refractivity contribution is 0.0595. The van der Waals surface area contributed by atoms with Crippen molar-refractivity contribution in [3.05, 3.63) is 58.5 Å². The number of ether oxygens (including phenoxy) is 1. The average molecular weight is 355 g/mol. The number of amides is 1. The first-order valence-electron chi connectivity index (χ1n) is 8.19. The van der Waals surface area contributed by atoms with Gasteiger partial charge in [0, 0.05) is 38.2 Å². The minimum atomic E-state index is -0.209. The second kappa shape index (κ2) is 6.68. The highest BCUT2D eigenvalue weighted by Crippen LogP contribution is 2.29. The molecule has 0 saturated carbocycles. The molecule has 2 aromatic heterocycles. The van der Waals surface area contributed by atoms with Crippen LogP contribution in [0.25, 0.3) is 10.2 Å². The Kier molecular flexibility index (Phi) is 4.23. The number of fused-ring (bicyclic) bond motifs is 1. The Morgan fingerprint density at radius 3 is 2.72 bits per heavy atom. The minimum absolute atomic E-state index is 0.0605. The highest BCUT2D eigenvalue weighted by Gasteiger charge is 2.25. The van der Waals surface area contributed by atoms with Gasteiger partial charge in [-0.25, -0.2) is 4.98 Å². The molecule has 1 aliphatic rings. The Balaban J connectivity index is 1.37. The normalized spacial score (nSPS) is 15.4. The maximum absolute atomic E-state index is 12.4. The van der Waals surface area contributed by atoms with Crippen LogP contribution in [0.2, 0.25) is 0 Å². The van der Waals surface area contributed by atoms with Gasteiger partial charge in [-0.2, -0.15) is 0 Å². The third-order valence-electron chi connectivity index (χ3n) is 4.30. The monoisotopic (exact) mass is 355 g/mol. The number of H-pyrrole nitrogens is 1. The van der Waals surface area contributed by atoms with E-state index in [2.05, 4.69) is 9.97 Å². The van der Waals surface area contributed by atoms with Crippen LogP contribution >= 0.6 is 11.3 Å². The number of carbonyl (C=O) groups excluding carboxylic acids is 1. The van der Waals surface area contributed by atoms with E-state index in [-0.39, 0.29) is 17.6 Å². The fourth-order valence-electron chi connectivity index (χ4n) is 2.95. The van der Waals surface area contributed by atoms with E-state index < -0.39 is 0 Å². The second-order valence-electron chi connectivity index (χ2n) is 6.00. The number of nitrogens with zero attached hydrogens (tertiary/aromatic N) is 2. The number of aromatic amines is 1. The molecule has 3 aromatic rings.